The molecule has 2 heterocycles. The number of ether oxygens (including phenoxy) is 1. The third-order valence-corrected chi connectivity index (χ3v) is 3.11. The second kappa shape index (κ2) is 4.28. The molecular formula is C14H14N4O. The summed E-state index contributed by atoms with van der Waals surface area (Å²) in [5.41, 5.74) is 9.29. The number of fused-ring (bicyclic) bond motifs is 1. The standard InChI is InChI=1S/C14H14N4O/c1-9-7-8-18-14(12(9)15)16-13(17-18)10-3-5-11(19-2)6-4-10/h3-8H,15H2,1-2H3. The number of pyridine rings is 1. The molecule has 0 bridgehead atoms. The number of methoxy groups -OCH3 is 1. The molecule has 5 heteroatoms. The molecule has 2 N–H and O–H groups in total. The van der Waals surface area contributed by atoms with Crippen LogP contribution >= 0.6 is 0 Å². The minimum Gasteiger partial charge on any atom is -0.497 e. The molecule has 3 aromatic rings. The van der Waals surface area contributed by atoms with Crippen LogP contribution in [0.4, 0.5) is 5.69 Å². The second-order valence-corrected chi connectivity index (χ2v) is 4.34. The molecule has 0 aliphatic heterocycles. The summed E-state index contributed by atoms with van der Waals surface area (Å²) >= 11 is 0. The minimum absolute atomic E-state index is 0.653. The van der Waals surface area contributed by atoms with Crippen molar-refractivity contribution in [2.45, 2.75) is 6.92 Å². The lowest BCUT2D eigenvalue weighted by molar-refractivity contribution is 0.415. The van der Waals surface area contributed by atoms with Gasteiger partial charge in [0.25, 0.3) is 0 Å². The van der Waals surface area contributed by atoms with Crippen LogP contribution in [0.25, 0.3) is 17.0 Å². The maximum absolute atomic E-state index is 6.01. The number of nitrogens with two attached hydrogens (primary N) is 1. The molecule has 0 aliphatic rings. The Labute approximate surface area is 110 Å². The summed E-state index contributed by atoms with van der Waals surface area (Å²) in [5, 5.41) is 4.43. The van der Waals surface area contributed by atoms with Crippen LogP contribution in [-0.4, -0.2) is 21.7 Å². The molecule has 0 saturated carbocycles. The van der Waals surface area contributed by atoms with E-state index in [0.717, 1.165) is 16.9 Å². The lowest BCUT2D eigenvalue weighted by atomic mass is 10.2. The molecule has 5 nitrogen and oxygen atoms in total. The number of anilines is 1. The predicted molar refractivity (Wildman–Crippen MR) is 74.1 cm³/mol. The van der Waals surface area contributed by atoms with Gasteiger partial charge in [-0.2, -0.15) is 0 Å². The molecule has 0 atom stereocenters. The number of aryl methyl sites for hydroxylation is 1. The number of hydrogen-bond donors (Lipinski definition) is 1. The zero-order valence-electron chi connectivity index (χ0n) is 10.8. The van der Waals surface area contributed by atoms with Crippen LogP contribution in [0.3, 0.4) is 0 Å². The van der Waals surface area contributed by atoms with Gasteiger partial charge in [-0.15, -0.1) is 5.10 Å². The van der Waals surface area contributed by atoms with Crippen LogP contribution in [-0.2, 0) is 0 Å². The van der Waals surface area contributed by atoms with Gasteiger partial charge in [0.05, 0.1) is 12.8 Å². The monoisotopic (exact) mass is 254 g/mol. The Hall–Kier alpha value is -2.56. The van der Waals surface area contributed by atoms with Gasteiger partial charge < -0.3 is 10.5 Å². The Bertz CT molecular complexity index is 731. The maximum atomic E-state index is 6.01. The zero-order chi connectivity index (χ0) is 13.4. The summed E-state index contributed by atoms with van der Waals surface area (Å²) in [7, 11) is 1.64. The van der Waals surface area contributed by atoms with Crippen LogP contribution in [0.1, 0.15) is 5.56 Å². The molecule has 0 amide bonds. The van der Waals surface area contributed by atoms with Crippen molar-refractivity contribution in [1.29, 1.82) is 0 Å². The van der Waals surface area contributed by atoms with Gasteiger partial charge in [-0.3, -0.25) is 0 Å². The molecule has 0 aliphatic carbocycles. The van der Waals surface area contributed by atoms with Gasteiger partial charge in [0.15, 0.2) is 11.5 Å². The average Bonchev–Trinajstić information content (AvgIpc) is 2.88. The Balaban J connectivity index is 2.12. The zero-order valence-corrected chi connectivity index (χ0v) is 10.8. The molecule has 2 aromatic heterocycles. The lowest BCUT2D eigenvalue weighted by Crippen LogP contribution is -1.96. The highest BCUT2D eigenvalue weighted by Gasteiger charge is 2.09. The topological polar surface area (TPSA) is 65.4 Å². The van der Waals surface area contributed by atoms with Crippen LogP contribution < -0.4 is 10.5 Å². The quantitative estimate of drug-likeness (QED) is 0.762. The first-order valence-electron chi connectivity index (χ1n) is 5.95. The fourth-order valence-corrected chi connectivity index (χ4v) is 1.92. The van der Waals surface area contributed by atoms with Gasteiger partial charge in [-0.05, 0) is 42.8 Å². The largest absolute Gasteiger partial charge is 0.497 e. The minimum atomic E-state index is 0.653. The predicted octanol–water partition coefficient (Wildman–Crippen LogP) is 2.30. The summed E-state index contributed by atoms with van der Waals surface area (Å²) in [5.74, 6) is 1.46. The van der Waals surface area contributed by atoms with Gasteiger partial charge >= 0.3 is 0 Å². The highest BCUT2D eigenvalue weighted by Crippen LogP contribution is 2.22. The number of benzene rings is 1. The summed E-state index contributed by atoms with van der Waals surface area (Å²) in [6.45, 7) is 1.96. The molecule has 0 fully saturated rings. The average molecular weight is 254 g/mol. The van der Waals surface area contributed by atoms with Gasteiger partial charge in [0, 0.05) is 11.8 Å². The van der Waals surface area contributed by atoms with Crippen molar-refractivity contribution < 1.29 is 4.74 Å². The van der Waals surface area contributed by atoms with E-state index in [0.29, 0.717) is 17.2 Å². The third-order valence-electron chi connectivity index (χ3n) is 3.11. The van der Waals surface area contributed by atoms with E-state index in [1.54, 1.807) is 11.6 Å². The Morgan fingerprint density at radius 1 is 1.16 bits per heavy atom. The molecule has 0 radical (unpaired) electrons. The molecule has 96 valence electrons. The fourth-order valence-electron chi connectivity index (χ4n) is 1.92. The van der Waals surface area contributed by atoms with Crippen LogP contribution in [0.5, 0.6) is 5.75 Å². The van der Waals surface area contributed by atoms with Crippen molar-refractivity contribution in [3.8, 4) is 17.1 Å². The Morgan fingerprint density at radius 3 is 2.58 bits per heavy atom. The van der Waals surface area contributed by atoms with Crippen molar-refractivity contribution in [2.75, 3.05) is 12.8 Å². The second-order valence-electron chi connectivity index (χ2n) is 4.34. The van der Waals surface area contributed by atoms with Gasteiger partial charge in [-0.1, -0.05) is 0 Å². The van der Waals surface area contributed by atoms with E-state index in [2.05, 4.69) is 10.1 Å². The number of nitrogens with zero attached hydrogens (tertiary/aromatic N) is 3. The van der Waals surface area contributed by atoms with Crippen molar-refractivity contribution >= 4 is 11.3 Å². The van der Waals surface area contributed by atoms with E-state index in [-0.39, 0.29) is 0 Å². The van der Waals surface area contributed by atoms with E-state index in [1.165, 1.54) is 0 Å². The highest BCUT2D eigenvalue weighted by atomic mass is 16.5. The third kappa shape index (κ3) is 1.89. The Kier molecular flexibility index (Phi) is 2.59. The van der Waals surface area contributed by atoms with Crippen molar-refractivity contribution in [3.63, 3.8) is 0 Å². The van der Waals surface area contributed by atoms with Gasteiger partial charge in [0.2, 0.25) is 0 Å². The highest BCUT2D eigenvalue weighted by molar-refractivity contribution is 5.71. The summed E-state index contributed by atoms with van der Waals surface area (Å²) < 4.78 is 6.83. The van der Waals surface area contributed by atoms with E-state index in [1.807, 2.05) is 43.5 Å². The van der Waals surface area contributed by atoms with Crippen LogP contribution in [0, 0.1) is 6.92 Å². The fraction of sp³-hybridized carbons (Fsp3) is 0.143. The normalized spacial score (nSPS) is 10.8. The maximum Gasteiger partial charge on any atom is 0.182 e. The van der Waals surface area contributed by atoms with E-state index in [4.69, 9.17) is 10.5 Å². The Morgan fingerprint density at radius 2 is 1.89 bits per heavy atom. The van der Waals surface area contributed by atoms with Crippen LogP contribution in [0.2, 0.25) is 0 Å². The summed E-state index contributed by atoms with van der Waals surface area (Å²) in [6.07, 6.45) is 1.86. The lowest BCUT2D eigenvalue weighted by Gasteiger charge is -1.99. The number of aromatic nitrogens is 3. The molecule has 0 saturated heterocycles. The molecule has 1 aromatic carbocycles. The van der Waals surface area contributed by atoms with Crippen molar-refractivity contribution in [3.05, 3.63) is 42.1 Å². The SMILES string of the molecule is COc1ccc(-c2nc3c(N)c(C)ccn3n2)cc1. The van der Waals surface area contributed by atoms with Crippen molar-refractivity contribution in [1.82, 2.24) is 14.6 Å². The van der Waals surface area contributed by atoms with Gasteiger partial charge in [0.1, 0.15) is 5.75 Å². The van der Waals surface area contributed by atoms with E-state index in [9.17, 15) is 0 Å². The summed E-state index contributed by atoms with van der Waals surface area (Å²) in [6, 6.07) is 9.55. The number of hydrogen-bond acceptors (Lipinski definition) is 4. The molecular weight excluding hydrogens is 240 g/mol. The smallest absolute Gasteiger partial charge is 0.182 e. The number of rotatable bonds is 2. The summed E-state index contributed by atoms with van der Waals surface area (Å²) in [4.78, 5) is 4.48. The van der Waals surface area contributed by atoms with E-state index < -0.39 is 0 Å². The van der Waals surface area contributed by atoms with E-state index >= 15 is 0 Å². The molecule has 0 unspecified atom stereocenters. The molecule has 0 spiro atoms. The van der Waals surface area contributed by atoms with Crippen LogP contribution in [0.15, 0.2) is 36.5 Å². The first-order chi connectivity index (χ1) is 9.19. The van der Waals surface area contributed by atoms with Gasteiger partial charge in [-0.25, -0.2) is 9.50 Å². The molecule has 3 rings (SSSR count). The first kappa shape index (κ1) is 11.5. The van der Waals surface area contributed by atoms with Crippen molar-refractivity contribution in [2.24, 2.45) is 0 Å². The number of nitrogen functional groups attached to an aromatic ring is 1. The first-order valence-corrected chi connectivity index (χ1v) is 5.95. The molecule has 19 heavy (non-hydrogen) atoms.